The van der Waals surface area contributed by atoms with Gasteiger partial charge in [0.25, 0.3) is 0 Å². The van der Waals surface area contributed by atoms with E-state index in [2.05, 4.69) is 25.8 Å². The van der Waals surface area contributed by atoms with Crippen molar-refractivity contribution in [1.29, 1.82) is 0 Å². The fourth-order valence-electron chi connectivity index (χ4n) is 2.17. The third-order valence-electron chi connectivity index (χ3n) is 3.39. The smallest absolute Gasteiger partial charge is 0.112 e. The van der Waals surface area contributed by atoms with Crippen LogP contribution in [0.15, 0.2) is 0 Å². The Hall–Kier alpha value is -0.830. The van der Waals surface area contributed by atoms with Crippen molar-refractivity contribution in [3.8, 4) is 0 Å². The molecule has 16 heavy (non-hydrogen) atoms. The van der Waals surface area contributed by atoms with E-state index in [9.17, 15) is 0 Å². The molecule has 2 rings (SSSR count). The lowest BCUT2D eigenvalue weighted by molar-refractivity contribution is 0.107. The molecule has 0 saturated carbocycles. The van der Waals surface area contributed by atoms with Crippen LogP contribution in [0.1, 0.15) is 57.2 Å². The van der Waals surface area contributed by atoms with Crippen molar-refractivity contribution in [3.63, 3.8) is 0 Å². The van der Waals surface area contributed by atoms with Gasteiger partial charge in [0.05, 0.1) is 24.6 Å². The highest BCUT2D eigenvalue weighted by molar-refractivity contribution is 5.19. The predicted octanol–water partition coefficient (Wildman–Crippen LogP) is 2.95. The molecule has 0 aliphatic carbocycles. The zero-order valence-corrected chi connectivity index (χ0v) is 10.6. The van der Waals surface area contributed by atoms with E-state index < -0.39 is 0 Å². The summed E-state index contributed by atoms with van der Waals surface area (Å²) in [6.07, 6.45) is 4.65. The van der Waals surface area contributed by atoms with E-state index in [1.54, 1.807) is 0 Å². The van der Waals surface area contributed by atoms with Crippen LogP contribution in [0.4, 0.5) is 0 Å². The Morgan fingerprint density at radius 1 is 1.44 bits per heavy atom. The van der Waals surface area contributed by atoms with E-state index in [4.69, 9.17) is 9.72 Å². The summed E-state index contributed by atoms with van der Waals surface area (Å²) < 4.78 is 5.43. The molecular weight excluding hydrogens is 200 g/mol. The first-order valence-electron chi connectivity index (χ1n) is 6.29. The fourth-order valence-corrected chi connectivity index (χ4v) is 2.17. The van der Waals surface area contributed by atoms with E-state index in [0.29, 0.717) is 6.61 Å². The SMILES string of the molecule is CCCCC(C)(C)c1nc2c([nH]1)COCC2. The summed E-state index contributed by atoms with van der Waals surface area (Å²) in [6.45, 7) is 8.29. The molecule has 1 aliphatic heterocycles. The number of aromatic nitrogens is 2. The van der Waals surface area contributed by atoms with Crippen molar-refractivity contribution in [1.82, 2.24) is 9.97 Å². The van der Waals surface area contributed by atoms with Crippen LogP contribution in [-0.4, -0.2) is 16.6 Å². The molecule has 90 valence electrons. The minimum absolute atomic E-state index is 0.160. The maximum Gasteiger partial charge on any atom is 0.112 e. The van der Waals surface area contributed by atoms with E-state index >= 15 is 0 Å². The first kappa shape index (κ1) is 11.6. The number of ether oxygens (including phenoxy) is 1. The van der Waals surface area contributed by atoms with Gasteiger partial charge in [0, 0.05) is 11.8 Å². The predicted molar refractivity (Wildman–Crippen MR) is 64.5 cm³/mol. The molecule has 0 radical (unpaired) electrons. The van der Waals surface area contributed by atoms with Crippen LogP contribution in [0, 0.1) is 0 Å². The van der Waals surface area contributed by atoms with Crippen LogP contribution in [0.25, 0.3) is 0 Å². The number of hydrogen-bond donors (Lipinski definition) is 1. The van der Waals surface area contributed by atoms with Gasteiger partial charge >= 0.3 is 0 Å². The highest BCUT2D eigenvalue weighted by Gasteiger charge is 2.26. The Morgan fingerprint density at radius 2 is 2.25 bits per heavy atom. The molecule has 0 amide bonds. The largest absolute Gasteiger partial charge is 0.375 e. The first-order valence-corrected chi connectivity index (χ1v) is 6.29. The van der Waals surface area contributed by atoms with Crippen molar-refractivity contribution in [2.24, 2.45) is 0 Å². The molecule has 0 unspecified atom stereocenters. The Balaban J connectivity index is 2.16. The average molecular weight is 222 g/mol. The Labute approximate surface area is 97.6 Å². The second-order valence-electron chi connectivity index (χ2n) is 5.30. The van der Waals surface area contributed by atoms with Gasteiger partial charge in [-0.15, -0.1) is 0 Å². The van der Waals surface area contributed by atoms with Crippen LogP contribution < -0.4 is 0 Å². The average Bonchev–Trinajstić information content (AvgIpc) is 2.71. The third-order valence-corrected chi connectivity index (χ3v) is 3.39. The van der Waals surface area contributed by atoms with E-state index in [0.717, 1.165) is 18.9 Å². The Morgan fingerprint density at radius 3 is 2.94 bits per heavy atom. The molecule has 3 heteroatoms. The highest BCUT2D eigenvalue weighted by atomic mass is 16.5. The molecule has 1 aliphatic rings. The highest BCUT2D eigenvalue weighted by Crippen LogP contribution is 2.28. The minimum atomic E-state index is 0.160. The van der Waals surface area contributed by atoms with Gasteiger partial charge in [0.1, 0.15) is 5.82 Å². The number of nitrogens with one attached hydrogen (secondary N) is 1. The Bertz CT molecular complexity index is 331. The van der Waals surface area contributed by atoms with Crippen molar-refractivity contribution in [2.75, 3.05) is 6.61 Å². The molecule has 1 aromatic heterocycles. The number of aromatic amines is 1. The lowest BCUT2D eigenvalue weighted by Gasteiger charge is -2.21. The molecule has 1 aromatic rings. The minimum Gasteiger partial charge on any atom is -0.375 e. The zero-order valence-electron chi connectivity index (χ0n) is 10.6. The van der Waals surface area contributed by atoms with E-state index in [1.807, 2.05) is 0 Å². The van der Waals surface area contributed by atoms with Crippen LogP contribution in [0.5, 0.6) is 0 Å². The van der Waals surface area contributed by atoms with Crippen molar-refractivity contribution < 1.29 is 4.74 Å². The lowest BCUT2D eigenvalue weighted by Crippen LogP contribution is -2.19. The summed E-state index contributed by atoms with van der Waals surface area (Å²) in [5, 5.41) is 0. The fraction of sp³-hybridized carbons (Fsp3) is 0.769. The molecular formula is C13H22N2O. The van der Waals surface area contributed by atoms with Crippen LogP contribution in [-0.2, 0) is 23.2 Å². The van der Waals surface area contributed by atoms with Gasteiger partial charge in [-0.1, -0.05) is 33.6 Å². The van der Waals surface area contributed by atoms with Gasteiger partial charge < -0.3 is 9.72 Å². The molecule has 0 saturated heterocycles. The molecule has 2 heterocycles. The van der Waals surface area contributed by atoms with Gasteiger partial charge in [-0.25, -0.2) is 4.98 Å². The van der Waals surface area contributed by atoms with Gasteiger partial charge in [-0.05, 0) is 6.42 Å². The second kappa shape index (κ2) is 4.58. The van der Waals surface area contributed by atoms with Gasteiger partial charge in [-0.3, -0.25) is 0 Å². The number of imidazole rings is 1. The van der Waals surface area contributed by atoms with Crippen LogP contribution in [0.2, 0.25) is 0 Å². The topological polar surface area (TPSA) is 37.9 Å². The maximum atomic E-state index is 5.43. The van der Waals surface area contributed by atoms with Crippen molar-refractivity contribution in [3.05, 3.63) is 17.2 Å². The maximum absolute atomic E-state index is 5.43. The summed E-state index contributed by atoms with van der Waals surface area (Å²) in [7, 11) is 0. The normalized spacial score (nSPS) is 16.2. The molecule has 3 nitrogen and oxygen atoms in total. The van der Waals surface area contributed by atoms with Crippen molar-refractivity contribution in [2.45, 2.75) is 58.5 Å². The number of nitrogens with zero attached hydrogens (tertiary/aromatic N) is 1. The molecule has 0 aromatic carbocycles. The second-order valence-corrected chi connectivity index (χ2v) is 5.30. The summed E-state index contributed by atoms with van der Waals surface area (Å²) >= 11 is 0. The quantitative estimate of drug-likeness (QED) is 0.850. The molecule has 1 N–H and O–H groups in total. The van der Waals surface area contributed by atoms with Gasteiger partial charge in [0.15, 0.2) is 0 Å². The molecule has 0 atom stereocenters. The number of rotatable bonds is 4. The zero-order chi connectivity index (χ0) is 11.6. The van der Waals surface area contributed by atoms with Crippen LogP contribution >= 0.6 is 0 Å². The van der Waals surface area contributed by atoms with E-state index in [1.165, 1.54) is 30.7 Å². The Kier molecular flexibility index (Phi) is 3.33. The van der Waals surface area contributed by atoms with Crippen LogP contribution in [0.3, 0.4) is 0 Å². The summed E-state index contributed by atoms with van der Waals surface area (Å²) in [5.41, 5.74) is 2.56. The molecule has 0 bridgehead atoms. The lowest BCUT2D eigenvalue weighted by atomic mass is 9.86. The molecule has 0 fully saturated rings. The molecule has 0 spiro atoms. The third kappa shape index (κ3) is 2.29. The number of unbranched alkanes of at least 4 members (excludes halogenated alkanes) is 1. The van der Waals surface area contributed by atoms with Gasteiger partial charge in [0.2, 0.25) is 0 Å². The monoisotopic (exact) mass is 222 g/mol. The summed E-state index contributed by atoms with van der Waals surface area (Å²) in [6, 6.07) is 0. The van der Waals surface area contributed by atoms with Gasteiger partial charge in [-0.2, -0.15) is 0 Å². The summed E-state index contributed by atoms with van der Waals surface area (Å²) in [5.74, 6) is 1.14. The number of H-pyrrole nitrogens is 1. The summed E-state index contributed by atoms with van der Waals surface area (Å²) in [4.78, 5) is 8.19. The number of fused-ring (bicyclic) bond motifs is 1. The van der Waals surface area contributed by atoms with Crippen molar-refractivity contribution >= 4 is 0 Å². The van der Waals surface area contributed by atoms with E-state index in [-0.39, 0.29) is 5.41 Å². The first-order chi connectivity index (χ1) is 7.63. The standard InChI is InChI=1S/C13H22N2O/c1-4-5-7-13(2,3)12-14-10-6-8-16-9-11(10)15-12/h4-9H2,1-3H3,(H,14,15). The number of hydrogen-bond acceptors (Lipinski definition) is 2.